The Labute approximate surface area is 142 Å². The molecule has 1 aromatic carbocycles. The number of benzene rings is 1. The molecule has 0 spiro atoms. The molecular formula is C17H23N3O3S. The van der Waals surface area contributed by atoms with Gasteiger partial charge in [0.15, 0.2) is 5.82 Å². The monoisotopic (exact) mass is 349 g/mol. The molecule has 1 saturated heterocycles. The van der Waals surface area contributed by atoms with Crippen molar-refractivity contribution in [2.45, 2.75) is 44.3 Å². The summed E-state index contributed by atoms with van der Waals surface area (Å²) in [6, 6.07) is 9.29. The fourth-order valence-corrected chi connectivity index (χ4v) is 4.64. The van der Waals surface area contributed by atoms with Gasteiger partial charge in [0.1, 0.15) is 0 Å². The van der Waals surface area contributed by atoms with Gasteiger partial charge in [-0.15, -0.1) is 0 Å². The maximum atomic E-state index is 12.7. The number of aryl methyl sites for hydroxylation is 1. The summed E-state index contributed by atoms with van der Waals surface area (Å²) in [4.78, 5) is 4.42. The van der Waals surface area contributed by atoms with E-state index in [9.17, 15) is 8.42 Å². The molecule has 0 saturated carbocycles. The largest absolute Gasteiger partial charge is 0.339 e. The number of sulfonamides is 1. The van der Waals surface area contributed by atoms with Crippen LogP contribution < -0.4 is 0 Å². The van der Waals surface area contributed by atoms with E-state index in [-0.39, 0.29) is 11.7 Å². The van der Waals surface area contributed by atoms with Gasteiger partial charge in [0, 0.05) is 19.5 Å². The molecule has 6 nitrogen and oxygen atoms in total. The van der Waals surface area contributed by atoms with E-state index in [0.717, 1.165) is 31.2 Å². The standard InChI is InChI=1S/C17H23N3O3S/c1-2-7-16-18-17(23-19-16)15-10-6-11-20(12-15)24(21,22)13-14-8-4-3-5-9-14/h3-5,8-9,15H,2,6-7,10-13H2,1H3/t15-/m1/s1. The van der Waals surface area contributed by atoms with Crippen molar-refractivity contribution in [2.75, 3.05) is 13.1 Å². The van der Waals surface area contributed by atoms with Gasteiger partial charge in [-0.05, 0) is 24.8 Å². The van der Waals surface area contributed by atoms with Crippen molar-refractivity contribution in [3.63, 3.8) is 0 Å². The van der Waals surface area contributed by atoms with Gasteiger partial charge < -0.3 is 4.52 Å². The van der Waals surface area contributed by atoms with Gasteiger partial charge in [-0.25, -0.2) is 12.7 Å². The third-order valence-electron chi connectivity index (χ3n) is 4.28. The Morgan fingerprint density at radius 1 is 1.29 bits per heavy atom. The molecule has 24 heavy (non-hydrogen) atoms. The van der Waals surface area contributed by atoms with Gasteiger partial charge in [-0.3, -0.25) is 0 Å². The van der Waals surface area contributed by atoms with Crippen LogP contribution in [0.5, 0.6) is 0 Å². The van der Waals surface area contributed by atoms with Crippen molar-refractivity contribution >= 4 is 10.0 Å². The quantitative estimate of drug-likeness (QED) is 0.801. The summed E-state index contributed by atoms with van der Waals surface area (Å²) in [5.41, 5.74) is 0.808. The van der Waals surface area contributed by atoms with Crippen molar-refractivity contribution in [2.24, 2.45) is 0 Å². The van der Waals surface area contributed by atoms with E-state index in [1.54, 1.807) is 4.31 Å². The molecule has 3 rings (SSSR count). The van der Waals surface area contributed by atoms with Crippen LogP contribution in [0.4, 0.5) is 0 Å². The minimum atomic E-state index is -3.34. The molecule has 0 aliphatic carbocycles. The summed E-state index contributed by atoms with van der Waals surface area (Å²) < 4.78 is 32.3. The third-order valence-corrected chi connectivity index (χ3v) is 6.09. The van der Waals surface area contributed by atoms with Gasteiger partial charge in [0.25, 0.3) is 0 Å². The lowest BCUT2D eigenvalue weighted by Crippen LogP contribution is -2.39. The summed E-state index contributed by atoms with van der Waals surface area (Å²) in [6.07, 6.45) is 3.43. The second kappa shape index (κ2) is 7.44. The van der Waals surface area contributed by atoms with Crippen molar-refractivity contribution < 1.29 is 12.9 Å². The highest BCUT2D eigenvalue weighted by Gasteiger charge is 2.32. The van der Waals surface area contributed by atoms with Crippen LogP contribution in [0.25, 0.3) is 0 Å². The number of aromatic nitrogens is 2. The first-order valence-corrected chi connectivity index (χ1v) is 10.0. The van der Waals surface area contributed by atoms with Crippen LogP contribution in [-0.4, -0.2) is 36.0 Å². The Kier molecular flexibility index (Phi) is 5.30. The molecule has 130 valence electrons. The molecule has 0 unspecified atom stereocenters. The molecule has 1 fully saturated rings. The van der Waals surface area contributed by atoms with Crippen LogP contribution in [-0.2, 0) is 22.2 Å². The summed E-state index contributed by atoms with van der Waals surface area (Å²) in [5, 5.41) is 3.98. The Morgan fingerprint density at radius 3 is 2.83 bits per heavy atom. The molecule has 0 bridgehead atoms. The summed E-state index contributed by atoms with van der Waals surface area (Å²) in [7, 11) is -3.34. The number of hydrogen-bond acceptors (Lipinski definition) is 5. The fourth-order valence-electron chi connectivity index (χ4n) is 3.03. The van der Waals surface area contributed by atoms with E-state index in [0.29, 0.717) is 24.8 Å². The molecule has 0 amide bonds. The van der Waals surface area contributed by atoms with Gasteiger partial charge >= 0.3 is 0 Å². The van der Waals surface area contributed by atoms with Crippen LogP contribution in [0.2, 0.25) is 0 Å². The van der Waals surface area contributed by atoms with Gasteiger partial charge in [-0.2, -0.15) is 4.98 Å². The maximum absolute atomic E-state index is 12.7. The van der Waals surface area contributed by atoms with E-state index in [4.69, 9.17) is 4.52 Å². The molecule has 2 aromatic rings. The number of hydrogen-bond donors (Lipinski definition) is 0. The lowest BCUT2D eigenvalue weighted by atomic mass is 10.00. The molecule has 1 atom stereocenters. The van der Waals surface area contributed by atoms with E-state index >= 15 is 0 Å². The van der Waals surface area contributed by atoms with Gasteiger partial charge in [0.2, 0.25) is 15.9 Å². The Bertz CT molecular complexity index is 758. The van der Waals surface area contributed by atoms with Crippen LogP contribution >= 0.6 is 0 Å². The third kappa shape index (κ3) is 4.02. The number of piperidine rings is 1. The lowest BCUT2D eigenvalue weighted by Gasteiger charge is -2.30. The van der Waals surface area contributed by atoms with Crippen LogP contribution in [0.15, 0.2) is 34.9 Å². The second-order valence-electron chi connectivity index (χ2n) is 6.24. The topological polar surface area (TPSA) is 76.3 Å². The van der Waals surface area contributed by atoms with Crippen LogP contribution in [0.3, 0.4) is 0 Å². The molecule has 0 N–H and O–H groups in total. The maximum Gasteiger partial charge on any atom is 0.231 e. The highest BCUT2D eigenvalue weighted by Crippen LogP contribution is 2.28. The molecule has 7 heteroatoms. The SMILES string of the molecule is CCCc1noc([C@@H]2CCCN(S(=O)(=O)Cc3ccccc3)C2)n1. The molecular weight excluding hydrogens is 326 g/mol. The van der Waals surface area contributed by atoms with Crippen molar-refractivity contribution in [3.05, 3.63) is 47.6 Å². The molecule has 1 aliphatic rings. The molecule has 1 aromatic heterocycles. The normalized spacial score (nSPS) is 19.5. The van der Waals surface area contributed by atoms with Crippen molar-refractivity contribution in [1.82, 2.24) is 14.4 Å². The summed E-state index contributed by atoms with van der Waals surface area (Å²) in [5.74, 6) is 1.29. The predicted octanol–water partition coefficient (Wildman–Crippen LogP) is 2.73. The Hall–Kier alpha value is -1.73. The highest BCUT2D eigenvalue weighted by molar-refractivity contribution is 7.88. The fraction of sp³-hybridized carbons (Fsp3) is 0.529. The zero-order valence-electron chi connectivity index (χ0n) is 13.9. The molecule has 0 radical (unpaired) electrons. The first-order chi connectivity index (χ1) is 11.6. The van der Waals surface area contributed by atoms with Crippen LogP contribution in [0.1, 0.15) is 49.4 Å². The van der Waals surface area contributed by atoms with E-state index in [1.807, 2.05) is 30.3 Å². The smallest absolute Gasteiger partial charge is 0.231 e. The average molecular weight is 349 g/mol. The average Bonchev–Trinajstić information content (AvgIpc) is 3.05. The zero-order chi connectivity index (χ0) is 17.0. The number of rotatable bonds is 6. The van der Waals surface area contributed by atoms with E-state index in [2.05, 4.69) is 17.1 Å². The van der Waals surface area contributed by atoms with E-state index < -0.39 is 10.0 Å². The number of nitrogens with zero attached hydrogens (tertiary/aromatic N) is 3. The van der Waals surface area contributed by atoms with E-state index in [1.165, 1.54) is 0 Å². The Balaban J connectivity index is 1.70. The highest BCUT2D eigenvalue weighted by atomic mass is 32.2. The Morgan fingerprint density at radius 2 is 2.08 bits per heavy atom. The minimum absolute atomic E-state index is 0.0117. The van der Waals surface area contributed by atoms with Gasteiger partial charge in [0.05, 0.1) is 11.7 Å². The molecule has 1 aliphatic heterocycles. The second-order valence-corrected chi connectivity index (χ2v) is 8.21. The van der Waals surface area contributed by atoms with Gasteiger partial charge in [-0.1, -0.05) is 42.4 Å². The molecule has 2 heterocycles. The predicted molar refractivity (Wildman–Crippen MR) is 90.9 cm³/mol. The first-order valence-electron chi connectivity index (χ1n) is 8.42. The first kappa shape index (κ1) is 17.1. The minimum Gasteiger partial charge on any atom is -0.339 e. The summed E-state index contributed by atoms with van der Waals surface area (Å²) >= 11 is 0. The van der Waals surface area contributed by atoms with Crippen LogP contribution in [0, 0.1) is 0 Å². The van der Waals surface area contributed by atoms with Crippen molar-refractivity contribution in [1.29, 1.82) is 0 Å². The summed E-state index contributed by atoms with van der Waals surface area (Å²) in [6.45, 7) is 3.04. The van der Waals surface area contributed by atoms with Crippen molar-refractivity contribution in [3.8, 4) is 0 Å². The zero-order valence-corrected chi connectivity index (χ0v) is 14.7. The lowest BCUT2D eigenvalue weighted by molar-refractivity contribution is 0.265.